The van der Waals surface area contributed by atoms with Gasteiger partial charge in [0.2, 0.25) is 5.91 Å². The van der Waals surface area contributed by atoms with Crippen LogP contribution in [0.5, 0.6) is 0 Å². The summed E-state index contributed by atoms with van der Waals surface area (Å²) < 4.78 is 0. The fourth-order valence-corrected chi connectivity index (χ4v) is 3.77. The molecule has 148 valence electrons. The Kier molecular flexibility index (Phi) is 5.97. The van der Waals surface area contributed by atoms with E-state index in [1.165, 1.54) is 0 Å². The SMILES string of the molecule is O=C(Nc1ccc(Cl)c(Cl)c1)C1CCCN(c2ccc(-c3ccccc3)nn2)C1. The van der Waals surface area contributed by atoms with Crippen molar-refractivity contribution in [2.75, 3.05) is 23.3 Å². The molecule has 1 N–H and O–H groups in total. The second kappa shape index (κ2) is 8.80. The molecule has 1 atom stereocenters. The first-order valence-electron chi connectivity index (χ1n) is 9.50. The molecule has 0 saturated carbocycles. The molecule has 1 unspecified atom stereocenters. The summed E-state index contributed by atoms with van der Waals surface area (Å²) in [6.45, 7) is 1.46. The largest absolute Gasteiger partial charge is 0.354 e. The van der Waals surface area contributed by atoms with Crippen molar-refractivity contribution in [1.82, 2.24) is 10.2 Å². The first kappa shape index (κ1) is 19.7. The molecular weight excluding hydrogens is 407 g/mol. The third-order valence-corrected chi connectivity index (χ3v) is 5.76. The molecule has 0 radical (unpaired) electrons. The van der Waals surface area contributed by atoms with Gasteiger partial charge in [-0.3, -0.25) is 4.79 Å². The monoisotopic (exact) mass is 426 g/mol. The second-order valence-corrected chi connectivity index (χ2v) is 7.86. The first-order valence-corrected chi connectivity index (χ1v) is 10.3. The van der Waals surface area contributed by atoms with Gasteiger partial charge in [0.05, 0.1) is 21.7 Å². The first-order chi connectivity index (χ1) is 14.1. The summed E-state index contributed by atoms with van der Waals surface area (Å²) in [5, 5.41) is 12.6. The van der Waals surface area contributed by atoms with Gasteiger partial charge in [-0.2, -0.15) is 0 Å². The van der Waals surface area contributed by atoms with E-state index >= 15 is 0 Å². The van der Waals surface area contributed by atoms with Crippen LogP contribution >= 0.6 is 23.2 Å². The number of nitrogens with zero attached hydrogens (tertiary/aromatic N) is 3. The minimum Gasteiger partial charge on any atom is -0.354 e. The van der Waals surface area contributed by atoms with Crippen molar-refractivity contribution in [3.63, 3.8) is 0 Å². The van der Waals surface area contributed by atoms with Gasteiger partial charge >= 0.3 is 0 Å². The van der Waals surface area contributed by atoms with Gasteiger partial charge in [0.15, 0.2) is 5.82 Å². The predicted octanol–water partition coefficient (Wildman–Crippen LogP) is 5.31. The molecular formula is C22H20Cl2N4O. The molecule has 1 aromatic heterocycles. The number of carbonyl (C=O) groups is 1. The van der Waals surface area contributed by atoms with Gasteiger partial charge in [-0.05, 0) is 43.2 Å². The molecule has 1 aliphatic heterocycles. The molecule has 1 aliphatic rings. The van der Waals surface area contributed by atoms with Gasteiger partial charge in [0, 0.05) is 24.3 Å². The highest BCUT2D eigenvalue weighted by molar-refractivity contribution is 6.42. The Balaban J connectivity index is 1.42. The van der Waals surface area contributed by atoms with Crippen molar-refractivity contribution in [3.8, 4) is 11.3 Å². The fraction of sp³-hybridized carbons (Fsp3) is 0.227. The average Bonchev–Trinajstić information content (AvgIpc) is 2.77. The number of piperidine rings is 1. The standard InChI is InChI=1S/C22H20Cl2N4O/c23-18-9-8-17(13-19(18)24)25-22(29)16-7-4-12-28(14-16)21-11-10-20(26-27-21)15-5-2-1-3-6-15/h1-3,5-6,8-11,13,16H,4,7,12,14H2,(H,25,29). The zero-order valence-corrected chi connectivity index (χ0v) is 17.2. The van der Waals surface area contributed by atoms with E-state index < -0.39 is 0 Å². The number of nitrogens with one attached hydrogen (secondary N) is 1. The number of anilines is 2. The number of halogens is 2. The van der Waals surface area contributed by atoms with Crippen molar-refractivity contribution in [2.45, 2.75) is 12.8 Å². The Labute approximate surface area is 179 Å². The fourth-order valence-electron chi connectivity index (χ4n) is 3.47. The number of carbonyl (C=O) groups excluding carboxylic acids is 1. The molecule has 1 amide bonds. The minimum absolute atomic E-state index is 0.0260. The molecule has 1 fully saturated rings. The van der Waals surface area contributed by atoms with Gasteiger partial charge in [-0.1, -0.05) is 53.5 Å². The lowest BCUT2D eigenvalue weighted by Gasteiger charge is -2.32. The molecule has 3 aromatic rings. The van der Waals surface area contributed by atoms with Crippen LogP contribution in [0.1, 0.15) is 12.8 Å². The van der Waals surface area contributed by atoms with Crippen molar-refractivity contribution in [1.29, 1.82) is 0 Å². The average molecular weight is 427 g/mol. The van der Waals surface area contributed by atoms with Crippen LogP contribution in [0.25, 0.3) is 11.3 Å². The highest BCUT2D eigenvalue weighted by Crippen LogP contribution is 2.27. The number of aromatic nitrogens is 2. The summed E-state index contributed by atoms with van der Waals surface area (Å²) >= 11 is 12.0. The van der Waals surface area contributed by atoms with E-state index in [2.05, 4.69) is 20.4 Å². The molecule has 4 rings (SSSR count). The van der Waals surface area contributed by atoms with Crippen molar-refractivity contribution < 1.29 is 4.79 Å². The number of amides is 1. The van der Waals surface area contributed by atoms with Gasteiger partial charge in [-0.15, -0.1) is 10.2 Å². The predicted molar refractivity (Wildman–Crippen MR) is 117 cm³/mol. The normalized spacial score (nSPS) is 16.5. The molecule has 0 aliphatic carbocycles. The Bertz CT molecular complexity index is 995. The van der Waals surface area contributed by atoms with Crippen molar-refractivity contribution in [2.24, 2.45) is 5.92 Å². The Morgan fingerprint density at radius 3 is 2.55 bits per heavy atom. The quantitative estimate of drug-likeness (QED) is 0.614. The van der Waals surface area contributed by atoms with Crippen LogP contribution in [0, 0.1) is 5.92 Å². The smallest absolute Gasteiger partial charge is 0.229 e. The van der Waals surface area contributed by atoms with Crippen LogP contribution in [0.2, 0.25) is 10.0 Å². The third-order valence-electron chi connectivity index (χ3n) is 5.02. The van der Waals surface area contributed by atoms with Crippen LogP contribution < -0.4 is 10.2 Å². The maximum absolute atomic E-state index is 12.7. The van der Waals surface area contributed by atoms with Gasteiger partial charge in [-0.25, -0.2) is 0 Å². The van der Waals surface area contributed by atoms with Crippen LogP contribution in [0.4, 0.5) is 11.5 Å². The number of hydrogen-bond donors (Lipinski definition) is 1. The van der Waals surface area contributed by atoms with Crippen LogP contribution in [-0.2, 0) is 4.79 Å². The highest BCUT2D eigenvalue weighted by Gasteiger charge is 2.27. The van der Waals surface area contributed by atoms with Crippen LogP contribution in [-0.4, -0.2) is 29.2 Å². The summed E-state index contributed by atoms with van der Waals surface area (Å²) in [4.78, 5) is 14.8. The summed E-state index contributed by atoms with van der Waals surface area (Å²) in [5.74, 6) is 0.632. The molecule has 0 bridgehead atoms. The molecule has 1 saturated heterocycles. The molecule has 2 aromatic carbocycles. The maximum Gasteiger partial charge on any atom is 0.229 e. The van der Waals surface area contributed by atoms with E-state index in [0.717, 1.165) is 36.5 Å². The number of hydrogen-bond acceptors (Lipinski definition) is 4. The highest BCUT2D eigenvalue weighted by atomic mass is 35.5. The zero-order valence-electron chi connectivity index (χ0n) is 15.7. The van der Waals surface area contributed by atoms with E-state index in [-0.39, 0.29) is 11.8 Å². The Morgan fingerprint density at radius 1 is 1.00 bits per heavy atom. The van der Waals surface area contributed by atoms with Gasteiger partial charge in [0.1, 0.15) is 0 Å². The molecule has 5 nitrogen and oxygen atoms in total. The van der Waals surface area contributed by atoms with E-state index in [9.17, 15) is 4.79 Å². The molecule has 29 heavy (non-hydrogen) atoms. The van der Waals surface area contributed by atoms with E-state index in [1.807, 2.05) is 42.5 Å². The second-order valence-electron chi connectivity index (χ2n) is 7.05. The lowest BCUT2D eigenvalue weighted by Crippen LogP contribution is -2.41. The lowest BCUT2D eigenvalue weighted by atomic mass is 9.97. The van der Waals surface area contributed by atoms with Crippen LogP contribution in [0.3, 0.4) is 0 Å². The Morgan fingerprint density at radius 2 is 1.83 bits per heavy atom. The molecule has 2 heterocycles. The number of benzene rings is 2. The summed E-state index contributed by atoms with van der Waals surface area (Å²) in [6.07, 6.45) is 1.75. The number of rotatable bonds is 4. The third kappa shape index (κ3) is 4.69. The van der Waals surface area contributed by atoms with E-state index in [0.29, 0.717) is 22.3 Å². The zero-order chi connectivity index (χ0) is 20.2. The molecule has 0 spiro atoms. The minimum atomic E-state index is -0.131. The lowest BCUT2D eigenvalue weighted by molar-refractivity contribution is -0.120. The van der Waals surface area contributed by atoms with Crippen molar-refractivity contribution >= 4 is 40.6 Å². The summed E-state index contributed by atoms with van der Waals surface area (Å²) in [6, 6.07) is 19.0. The van der Waals surface area contributed by atoms with E-state index in [4.69, 9.17) is 23.2 Å². The Hall–Kier alpha value is -2.63. The van der Waals surface area contributed by atoms with E-state index in [1.54, 1.807) is 18.2 Å². The summed E-state index contributed by atoms with van der Waals surface area (Å²) in [7, 11) is 0. The molecule has 7 heteroatoms. The van der Waals surface area contributed by atoms with Gasteiger partial charge < -0.3 is 10.2 Å². The van der Waals surface area contributed by atoms with Crippen molar-refractivity contribution in [3.05, 3.63) is 70.7 Å². The summed E-state index contributed by atoms with van der Waals surface area (Å²) in [5.41, 5.74) is 2.51. The maximum atomic E-state index is 12.7. The topological polar surface area (TPSA) is 58.1 Å². The van der Waals surface area contributed by atoms with Crippen LogP contribution in [0.15, 0.2) is 60.7 Å². The van der Waals surface area contributed by atoms with Gasteiger partial charge in [0.25, 0.3) is 0 Å².